The lowest BCUT2D eigenvalue weighted by Crippen LogP contribution is -1.90. The van der Waals surface area contributed by atoms with Crippen LogP contribution in [0.5, 0.6) is 0 Å². The highest BCUT2D eigenvalue weighted by atomic mass is 79.9. The molecule has 0 unspecified atom stereocenters. The summed E-state index contributed by atoms with van der Waals surface area (Å²) < 4.78 is 0.974. The number of nitrogens with zero attached hydrogens (tertiary/aromatic N) is 1. The van der Waals surface area contributed by atoms with Gasteiger partial charge in [0, 0.05) is 9.86 Å². The Kier molecular flexibility index (Phi) is 2.29. The summed E-state index contributed by atoms with van der Waals surface area (Å²) in [5, 5.41) is 10.0. The molecule has 0 aliphatic carbocycles. The molecular weight excluding hydrogens is 230 g/mol. The van der Waals surface area contributed by atoms with Crippen molar-refractivity contribution in [3.8, 4) is 0 Å². The lowest BCUT2D eigenvalue weighted by atomic mass is 10.2. The van der Waals surface area contributed by atoms with E-state index in [0.29, 0.717) is 5.69 Å². The molecule has 0 amide bonds. The molecule has 0 aliphatic rings. The topological polar surface area (TPSA) is 33.1 Å². The van der Waals surface area contributed by atoms with Gasteiger partial charge in [0.25, 0.3) is 0 Å². The second kappa shape index (κ2) is 3.44. The Morgan fingerprint density at radius 1 is 1.31 bits per heavy atom. The zero-order valence-electron chi connectivity index (χ0n) is 6.87. The average Bonchev–Trinajstić information content (AvgIpc) is 2.18. The number of aliphatic hydroxyl groups is 1. The molecule has 2 rings (SSSR count). The summed E-state index contributed by atoms with van der Waals surface area (Å²) >= 11 is 3.44. The number of fused-ring (bicyclic) bond motifs is 1. The molecule has 1 aromatic carbocycles. The van der Waals surface area contributed by atoms with E-state index in [4.69, 9.17) is 5.11 Å². The molecule has 0 atom stereocenters. The van der Waals surface area contributed by atoms with Gasteiger partial charge in [-0.2, -0.15) is 0 Å². The first-order chi connectivity index (χ1) is 6.31. The molecular formula is C10H8BrNO. The van der Waals surface area contributed by atoms with Crippen molar-refractivity contribution < 1.29 is 5.11 Å². The van der Waals surface area contributed by atoms with E-state index in [1.165, 1.54) is 0 Å². The molecule has 13 heavy (non-hydrogen) atoms. The molecule has 0 fully saturated rings. The molecule has 0 saturated carbocycles. The Balaban J connectivity index is 2.77. The summed E-state index contributed by atoms with van der Waals surface area (Å²) in [5.74, 6) is 0. The lowest BCUT2D eigenvalue weighted by Gasteiger charge is -2.02. The van der Waals surface area contributed by atoms with Gasteiger partial charge in [-0.25, -0.2) is 0 Å². The predicted octanol–water partition coefficient (Wildman–Crippen LogP) is 2.49. The number of hydrogen-bond acceptors (Lipinski definition) is 2. The van der Waals surface area contributed by atoms with Gasteiger partial charge in [-0.3, -0.25) is 4.98 Å². The van der Waals surface area contributed by atoms with Crippen molar-refractivity contribution in [1.82, 2.24) is 4.98 Å². The predicted molar refractivity (Wildman–Crippen MR) is 55.4 cm³/mol. The molecule has 3 heteroatoms. The van der Waals surface area contributed by atoms with Gasteiger partial charge in [0.1, 0.15) is 0 Å². The summed E-state index contributed by atoms with van der Waals surface area (Å²) in [6, 6.07) is 9.66. The second-order valence-corrected chi connectivity index (χ2v) is 3.63. The first-order valence-corrected chi connectivity index (χ1v) is 4.75. The fourth-order valence-electron chi connectivity index (χ4n) is 1.27. The van der Waals surface area contributed by atoms with Crippen molar-refractivity contribution in [2.45, 2.75) is 6.61 Å². The molecule has 0 radical (unpaired) electrons. The Morgan fingerprint density at radius 2 is 2.08 bits per heavy atom. The van der Waals surface area contributed by atoms with Crippen LogP contribution in [0, 0.1) is 0 Å². The van der Waals surface area contributed by atoms with Crippen LogP contribution in [-0.4, -0.2) is 10.1 Å². The largest absolute Gasteiger partial charge is 0.390 e. The van der Waals surface area contributed by atoms with E-state index in [-0.39, 0.29) is 6.61 Å². The zero-order valence-corrected chi connectivity index (χ0v) is 8.45. The van der Waals surface area contributed by atoms with Crippen LogP contribution in [0.25, 0.3) is 10.9 Å². The summed E-state index contributed by atoms with van der Waals surface area (Å²) in [4.78, 5) is 4.27. The molecule has 1 heterocycles. The van der Waals surface area contributed by atoms with Crippen LogP contribution in [0.3, 0.4) is 0 Å². The average molecular weight is 238 g/mol. The van der Waals surface area contributed by atoms with Gasteiger partial charge in [-0.15, -0.1) is 0 Å². The van der Waals surface area contributed by atoms with Crippen molar-refractivity contribution in [2.75, 3.05) is 0 Å². The molecule has 1 aromatic heterocycles. The molecule has 0 bridgehead atoms. The number of aliphatic hydroxyl groups excluding tert-OH is 1. The highest BCUT2D eigenvalue weighted by molar-refractivity contribution is 9.10. The van der Waals surface area contributed by atoms with Gasteiger partial charge in [-0.1, -0.05) is 34.1 Å². The van der Waals surface area contributed by atoms with Gasteiger partial charge in [-0.05, 0) is 12.1 Å². The summed E-state index contributed by atoms with van der Waals surface area (Å²) in [5.41, 5.74) is 1.59. The highest BCUT2D eigenvalue weighted by Gasteiger charge is 2.01. The van der Waals surface area contributed by atoms with Crippen molar-refractivity contribution >= 4 is 26.8 Å². The number of rotatable bonds is 1. The minimum atomic E-state index is -0.0244. The number of para-hydroxylation sites is 1. The Labute approximate surface area is 84.4 Å². The van der Waals surface area contributed by atoms with Crippen LogP contribution in [-0.2, 0) is 6.61 Å². The van der Waals surface area contributed by atoms with Crippen LogP contribution in [0.1, 0.15) is 5.69 Å². The monoisotopic (exact) mass is 237 g/mol. The first-order valence-electron chi connectivity index (χ1n) is 3.96. The van der Waals surface area contributed by atoms with Gasteiger partial charge < -0.3 is 5.11 Å². The van der Waals surface area contributed by atoms with Crippen LogP contribution < -0.4 is 0 Å². The smallest absolute Gasteiger partial charge is 0.0853 e. The van der Waals surface area contributed by atoms with Crippen LogP contribution in [0.4, 0.5) is 0 Å². The number of halogens is 1. The number of pyridine rings is 1. The van der Waals surface area contributed by atoms with E-state index in [1.54, 1.807) is 0 Å². The maximum absolute atomic E-state index is 8.94. The summed E-state index contributed by atoms with van der Waals surface area (Å²) in [6.07, 6.45) is 0. The van der Waals surface area contributed by atoms with E-state index < -0.39 is 0 Å². The third-order valence-electron chi connectivity index (χ3n) is 1.88. The number of hydrogen-bond donors (Lipinski definition) is 1. The summed E-state index contributed by atoms with van der Waals surface area (Å²) in [6.45, 7) is -0.0244. The van der Waals surface area contributed by atoms with Crippen molar-refractivity contribution in [3.63, 3.8) is 0 Å². The molecule has 0 aliphatic heterocycles. The van der Waals surface area contributed by atoms with Crippen molar-refractivity contribution in [2.24, 2.45) is 0 Å². The molecule has 1 N–H and O–H groups in total. The van der Waals surface area contributed by atoms with Crippen molar-refractivity contribution in [3.05, 3.63) is 40.5 Å². The Morgan fingerprint density at radius 3 is 2.85 bits per heavy atom. The molecule has 2 nitrogen and oxygen atoms in total. The maximum atomic E-state index is 8.94. The minimum Gasteiger partial charge on any atom is -0.390 e. The van der Waals surface area contributed by atoms with Gasteiger partial charge in [0.15, 0.2) is 0 Å². The molecule has 2 aromatic rings. The fraction of sp³-hybridized carbons (Fsp3) is 0.100. The number of aromatic nitrogens is 1. The molecule has 0 spiro atoms. The van der Waals surface area contributed by atoms with E-state index in [2.05, 4.69) is 20.9 Å². The zero-order chi connectivity index (χ0) is 9.26. The van der Waals surface area contributed by atoms with Crippen molar-refractivity contribution in [1.29, 1.82) is 0 Å². The van der Waals surface area contributed by atoms with E-state index >= 15 is 0 Å². The standard InChI is InChI=1S/C10H8BrNO/c11-9-5-7(6-13)12-10-4-2-1-3-8(9)10/h1-5,13H,6H2. The Hall–Kier alpha value is -0.930. The SMILES string of the molecule is OCc1cc(Br)c2ccccc2n1. The molecule has 66 valence electrons. The van der Waals surface area contributed by atoms with E-state index in [1.807, 2.05) is 30.3 Å². The maximum Gasteiger partial charge on any atom is 0.0853 e. The van der Waals surface area contributed by atoms with Crippen LogP contribution in [0.15, 0.2) is 34.8 Å². The first kappa shape index (κ1) is 8.66. The number of benzene rings is 1. The third kappa shape index (κ3) is 1.57. The Bertz CT molecular complexity index is 442. The summed E-state index contributed by atoms with van der Waals surface area (Å²) in [7, 11) is 0. The lowest BCUT2D eigenvalue weighted by molar-refractivity contribution is 0.277. The third-order valence-corrected chi connectivity index (χ3v) is 2.54. The minimum absolute atomic E-state index is 0.0244. The quantitative estimate of drug-likeness (QED) is 0.827. The van der Waals surface area contributed by atoms with E-state index in [0.717, 1.165) is 15.4 Å². The van der Waals surface area contributed by atoms with Gasteiger partial charge in [0.2, 0.25) is 0 Å². The van der Waals surface area contributed by atoms with Crippen LogP contribution in [0.2, 0.25) is 0 Å². The van der Waals surface area contributed by atoms with Crippen LogP contribution >= 0.6 is 15.9 Å². The molecule has 0 saturated heterocycles. The second-order valence-electron chi connectivity index (χ2n) is 2.77. The van der Waals surface area contributed by atoms with Gasteiger partial charge >= 0.3 is 0 Å². The fourth-order valence-corrected chi connectivity index (χ4v) is 1.86. The van der Waals surface area contributed by atoms with E-state index in [9.17, 15) is 0 Å². The van der Waals surface area contributed by atoms with Gasteiger partial charge in [0.05, 0.1) is 17.8 Å². The normalized spacial score (nSPS) is 10.6. The highest BCUT2D eigenvalue weighted by Crippen LogP contribution is 2.23.